The Kier molecular flexibility index (Phi) is 5.08. The van der Waals surface area contributed by atoms with Gasteiger partial charge in [-0.2, -0.15) is 0 Å². The van der Waals surface area contributed by atoms with Crippen LogP contribution in [0.3, 0.4) is 0 Å². The molecule has 26 heavy (non-hydrogen) atoms. The van der Waals surface area contributed by atoms with E-state index in [1.807, 2.05) is 25.1 Å². The Morgan fingerprint density at radius 2 is 1.92 bits per heavy atom. The minimum atomic E-state index is -0.380. The smallest absolute Gasteiger partial charge is 0.267 e. The predicted molar refractivity (Wildman–Crippen MR) is 104 cm³/mol. The van der Waals surface area contributed by atoms with Gasteiger partial charge >= 0.3 is 0 Å². The Morgan fingerprint density at radius 1 is 1.19 bits per heavy atom. The summed E-state index contributed by atoms with van der Waals surface area (Å²) in [5.41, 5.74) is 1.41. The molecule has 0 saturated carbocycles. The topological polar surface area (TPSA) is 68.1 Å². The maximum atomic E-state index is 13.1. The number of para-hydroxylation sites is 1. The number of amides is 1. The molecular weight excluding hydrogens is 348 g/mol. The molecule has 0 bridgehead atoms. The second-order valence-corrected chi connectivity index (χ2v) is 7.55. The Labute approximate surface area is 155 Å². The maximum absolute atomic E-state index is 13.1. The van der Waals surface area contributed by atoms with E-state index < -0.39 is 0 Å². The van der Waals surface area contributed by atoms with Crippen molar-refractivity contribution in [1.82, 2.24) is 19.4 Å². The zero-order valence-electron chi connectivity index (χ0n) is 15.1. The minimum Gasteiger partial charge on any atom is -0.348 e. The van der Waals surface area contributed by atoms with Gasteiger partial charge in [0.2, 0.25) is 5.91 Å². The van der Waals surface area contributed by atoms with E-state index in [1.54, 1.807) is 45.4 Å². The summed E-state index contributed by atoms with van der Waals surface area (Å²) in [6.07, 6.45) is 1.71. The van der Waals surface area contributed by atoms with Crippen molar-refractivity contribution in [2.75, 3.05) is 14.1 Å². The predicted octanol–water partition coefficient (Wildman–Crippen LogP) is 2.66. The van der Waals surface area contributed by atoms with Gasteiger partial charge in [-0.1, -0.05) is 30.0 Å². The highest BCUT2D eigenvalue weighted by atomic mass is 32.2. The molecular formula is C19H20N4O2S. The molecule has 1 atom stereocenters. The van der Waals surface area contributed by atoms with Crippen molar-refractivity contribution in [2.45, 2.75) is 24.3 Å². The number of fused-ring (bicyclic) bond motifs is 1. The largest absolute Gasteiger partial charge is 0.348 e. The number of carbonyl (C=O) groups is 1. The first-order valence-electron chi connectivity index (χ1n) is 8.21. The van der Waals surface area contributed by atoms with Crippen molar-refractivity contribution in [3.05, 3.63) is 58.5 Å². The third-order valence-electron chi connectivity index (χ3n) is 3.94. The molecule has 3 rings (SSSR count). The van der Waals surface area contributed by atoms with Crippen molar-refractivity contribution >= 4 is 28.6 Å². The highest BCUT2D eigenvalue weighted by Crippen LogP contribution is 2.25. The van der Waals surface area contributed by atoms with E-state index in [-0.39, 0.29) is 16.7 Å². The maximum Gasteiger partial charge on any atom is 0.267 e. The molecule has 2 aromatic heterocycles. The van der Waals surface area contributed by atoms with Crippen LogP contribution in [0.15, 0.2) is 52.5 Å². The molecule has 1 unspecified atom stereocenters. The van der Waals surface area contributed by atoms with Gasteiger partial charge in [0, 0.05) is 20.3 Å². The van der Waals surface area contributed by atoms with Gasteiger partial charge in [0.15, 0.2) is 5.16 Å². The number of aromatic nitrogens is 3. The van der Waals surface area contributed by atoms with Crippen LogP contribution in [0.1, 0.15) is 12.5 Å². The van der Waals surface area contributed by atoms with E-state index in [9.17, 15) is 9.59 Å². The first-order valence-corrected chi connectivity index (χ1v) is 9.09. The normalized spacial score (nSPS) is 12.2. The van der Waals surface area contributed by atoms with Gasteiger partial charge in [-0.3, -0.25) is 9.59 Å². The molecule has 0 fully saturated rings. The minimum absolute atomic E-state index is 0.0409. The van der Waals surface area contributed by atoms with Crippen molar-refractivity contribution in [3.8, 4) is 5.82 Å². The molecule has 2 heterocycles. The quantitative estimate of drug-likeness (QED) is 0.523. The summed E-state index contributed by atoms with van der Waals surface area (Å²) >= 11 is 1.26. The van der Waals surface area contributed by atoms with Crippen LogP contribution < -0.4 is 5.56 Å². The van der Waals surface area contributed by atoms with Crippen molar-refractivity contribution in [1.29, 1.82) is 0 Å². The zero-order valence-corrected chi connectivity index (χ0v) is 15.9. The van der Waals surface area contributed by atoms with Gasteiger partial charge in [-0.05, 0) is 37.6 Å². The van der Waals surface area contributed by atoms with Crippen LogP contribution in [0, 0.1) is 6.92 Å². The lowest BCUT2D eigenvalue weighted by molar-refractivity contribution is -0.127. The number of aryl methyl sites for hydroxylation is 1. The molecule has 0 aliphatic rings. The average molecular weight is 368 g/mol. The molecule has 0 saturated heterocycles. The summed E-state index contributed by atoms with van der Waals surface area (Å²) in [4.78, 5) is 35.9. The summed E-state index contributed by atoms with van der Waals surface area (Å²) in [6, 6.07) is 10.9. The fourth-order valence-electron chi connectivity index (χ4n) is 2.56. The van der Waals surface area contributed by atoms with Gasteiger partial charge in [0.1, 0.15) is 5.82 Å². The van der Waals surface area contributed by atoms with Crippen LogP contribution in [0.5, 0.6) is 0 Å². The molecule has 0 spiro atoms. The fourth-order valence-corrected chi connectivity index (χ4v) is 3.62. The van der Waals surface area contributed by atoms with E-state index in [0.717, 1.165) is 5.56 Å². The number of thioether (sulfide) groups is 1. The standard InChI is InChI=1S/C19H20N4O2S/c1-12-9-10-16(20-11-12)23-18(25)14-7-5-6-8-15(14)21-19(23)26-13(2)17(24)22(3)4/h5-11,13H,1-4H3. The highest BCUT2D eigenvalue weighted by Gasteiger charge is 2.21. The molecule has 3 aromatic rings. The van der Waals surface area contributed by atoms with Gasteiger partial charge in [0.25, 0.3) is 5.56 Å². The van der Waals surface area contributed by atoms with Gasteiger partial charge in [-0.25, -0.2) is 14.5 Å². The summed E-state index contributed by atoms with van der Waals surface area (Å²) in [5.74, 6) is 0.451. The number of pyridine rings is 1. The highest BCUT2D eigenvalue weighted by molar-refractivity contribution is 8.00. The third kappa shape index (κ3) is 3.48. The monoisotopic (exact) mass is 368 g/mol. The average Bonchev–Trinajstić information content (AvgIpc) is 2.62. The lowest BCUT2D eigenvalue weighted by Crippen LogP contribution is -2.31. The number of rotatable bonds is 4. The Hall–Kier alpha value is -2.67. The molecule has 0 N–H and O–H groups in total. The van der Waals surface area contributed by atoms with Crippen LogP contribution in [0.4, 0.5) is 0 Å². The van der Waals surface area contributed by atoms with Crippen molar-refractivity contribution in [3.63, 3.8) is 0 Å². The number of benzene rings is 1. The van der Waals surface area contributed by atoms with Gasteiger partial charge in [0.05, 0.1) is 16.2 Å². The second kappa shape index (κ2) is 7.29. The zero-order chi connectivity index (χ0) is 18.8. The van der Waals surface area contributed by atoms with E-state index in [1.165, 1.54) is 21.2 Å². The van der Waals surface area contributed by atoms with Gasteiger partial charge < -0.3 is 4.90 Å². The van der Waals surface area contributed by atoms with E-state index in [0.29, 0.717) is 21.9 Å². The fraction of sp³-hybridized carbons (Fsp3) is 0.263. The molecule has 134 valence electrons. The Bertz CT molecular complexity index is 1010. The Balaban J connectivity index is 2.19. The Morgan fingerprint density at radius 3 is 2.58 bits per heavy atom. The van der Waals surface area contributed by atoms with Crippen LogP contribution in [0.2, 0.25) is 0 Å². The number of hydrogen-bond acceptors (Lipinski definition) is 5. The van der Waals surface area contributed by atoms with E-state index >= 15 is 0 Å². The SMILES string of the molecule is Cc1ccc(-n2c(SC(C)C(=O)N(C)C)nc3ccccc3c2=O)nc1. The van der Waals surface area contributed by atoms with Crippen LogP contribution >= 0.6 is 11.8 Å². The molecule has 7 heteroatoms. The summed E-state index contributed by atoms with van der Waals surface area (Å²) in [6.45, 7) is 3.74. The molecule has 0 aliphatic heterocycles. The third-order valence-corrected chi connectivity index (χ3v) is 4.98. The molecule has 6 nitrogen and oxygen atoms in total. The molecule has 1 aromatic carbocycles. The molecule has 0 aliphatic carbocycles. The summed E-state index contributed by atoms with van der Waals surface area (Å²) in [7, 11) is 3.42. The summed E-state index contributed by atoms with van der Waals surface area (Å²) in [5, 5.41) is 0.591. The first kappa shape index (κ1) is 18.1. The first-order chi connectivity index (χ1) is 12.4. The second-order valence-electron chi connectivity index (χ2n) is 6.24. The lowest BCUT2D eigenvalue weighted by Gasteiger charge is -2.18. The number of nitrogens with zero attached hydrogens (tertiary/aromatic N) is 4. The summed E-state index contributed by atoms with van der Waals surface area (Å²) < 4.78 is 1.48. The molecule has 1 amide bonds. The number of carbonyl (C=O) groups excluding carboxylic acids is 1. The van der Waals surface area contributed by atoms with E-state index in [4.69, 9.17) is 0 Å². The molecule has 0 radical (unpaired) electrons. The van der Waals surface area contributed by atoms with Crippen molar-refractivity contribution < 1.29 is 4.79 Å². The van der Waals surface area contributed by atoms with Crippen LogP contribution in [-0.2, 0) is 4.79 Å². The van der Waals surface area contributed by atoms with Crippen LogP contribution in [0.25, 0.3) is 16.7 Å². The lowest BCUT2D eigenvalue weighted by atomic mass is 10.2. The van der Waals surface area contributed by atoms with Crippen LogP contribution in [-0.4, -0.2) is 44.7 Å². The van der Waals surface area contributed by atoms with E-state index in [2.05, 4.69) is 9.97 Å². The number of hydrogen-bond donors (Lipinski definition) is 0. The van der Waals surface area contributed by atoms with Crippen molar-refractivity contribution in [2.24, 2.45) is 0 Å². The van der Waals surface area contributed by atoms with Gasteiger partial charge in [-0.15, -0.1) is 0 Å².